The van der Waals surface area contributed by atoms with E-state index in [0.29, 0.717) is 0 Å². The summed E-state index contributed by atoms with van der Waals surface area (Å²) >= 11 is 0. The van der Waals surface area contributed by atoms with Crippen LogP contribution in [-0.2, 0) is 21.0 Å². The molecule has 1 aromatic rings. The lowest BCUT2D eigenvalue weighted by molar-refractivity contribution is -0.142. The molecular formula is C10H9N3O5. The van der Waals surface area contributed by atoms with Crippen molar-refractivity contribution in [3.05, 3.63) is 40.3 Å². The van der Waals surface area contributed by atoms with Crippen molar-refractivity contribution >= 4 is 12.1 Å². The molecule has 0 atom stereocenters. The minimum atomic E-state index is -1.14. The van der Waals surface area contributed by atoms with E-state index in [4.69, 9.17) is 10.3 Å². The summed E-state index contributed by atoms with van der Waals surface area (Å²) in [6, 6.07) is 6.19. The van der Waals surface area contributed by atoms with Crippen molar-refractivity contribution in [3.8, 4) is 5.75 Å². The summed E-state index contributed by atoms with van der Waals surface area (Å²) in [6.45, 7) is 1.45. The van der Waals surface area contributed by atoms with Crippen molar-refractivity contribution in [2.45, 2.75) is 13.5 Å². The molecule has 0 heterocycles. The third kappa shape index (κ3) is 4.86. The lowest BCUT2D eigenvalue weighted by atomic mass is 10.2. The van der Waals surface area contributed by atoms with Gasteiger partial charge in [0.05, 0.1) is 0 Å². The monoisotopic (exact) mass is 251 g/mol. The molecule has 0 aliphatic rings. The van der Waals surface area contributed by atoms with Crippen LogP contribution in [-0.4, -0.2) is 12.1 Å². The Morgan fingerprint density at radius 2 is 2.00 bits per heavy atom. The number of hydrogen-bond acceptors (Lipinski definition) is 6. The van der Waals surface area contributed by atoms with Crippen molar-refractivity contribution in [1.82, 2.24) is 0 Å². The molecule has 0 saturated heterocycles. The largest absolute Gasteiger partial charge is 0.525 e. The van der Waals surface area contributed by atoms with E-state index in [2.05, 4.69) is 19.8 Å². The molecule has 0 aromatic heterocycles. The average Bonchev–Trinajstić information content (AvgIpc) is 2.35. The molecule has 94 valence electrons. The molecule has 0 saturated carbocycles. The Morgan fingerprint density at radius 3 is 2.56 bits per heavy atom. The molecule has 0 aliphatic carbocycles. The number of hydrogen-bond donors (Lipinski definition) is 0. The van der Waals surface area contributed by atoms with Gasteiger partial charge in [-0.05, 0) is 23.2 Å². The second-order valence-electron chi connectivity index (χ2n) is 3.04. The van der Waals surface area contributed by atoms with E-state index >= 15 is 0 Å². The second kappa shape index (κ2) is 6.77. The van der Waals surface area contributed by atoms with Gasteiger partial charge in [-0.2, -0.15) is 0 Å². The molecule has 0 bridgehead atoms. The molecule has 0 amide bonds. The van der Waals surface area contributed by atoms with Crippen LogP contribution in [0.5, 0.6) is 5.75 Å². The summed E-state index contributed by atoms with van der Waals surface area (Å²) in [4.78, 5) is 27.7. The normalized spacial score (nSPS) is 8.94. The molecule has 0 radical (unpaired) electrons. The molecule has 18 heavy (non-hydrogen) atoms. The quantitative estimate of drug-likeness (QED) is 0.204. The number of carbonyl (C=O) groups is 2. The fourth-order valence-electron chi connectivity index (χ4n) is 1.01. The highest BCUT2D eigenvalue weighted by molar-refractivity contribution is 5.66. The summed E-state index contributed by atoms with van der Waals surface area (Å²) in [7, 11) is 0. The zero-order valence-corrected chi connectivity index (χ0v) is 9.40. The molecule has 0 fully saturated rings. The molecule has 0 spiro atoms. The van der Waals surface area contributed by atoms with Gasteiger partial charge in [0.1, 0.15) is 17.6 Å². The van der Waals surface area contributed by atoms with Crippen molar-refractivity contribution in [1.29, 1.82) is 0 Å². The van der Waals surface area contributed by atoms with Gasteiger partial charge >= 0.3 is 12.1 Å². The number of rotatable bonds is 4. The third-order valence-electron chi connectivity index (χ3n) is 1.72. The minimum absolute atomic E-state index is 0.138. The summed E-state index contributed by atoms with van der Waals surface area (Å²) in [6.07, 6.45) is -1.14. The molecule has 0 aliphatic heterocycles. The smallest absolute Gasteiger partial charge is 0.461 e. The van der Waals surface area contributed by atoms with E-state index in [-0.39, 0.29) is 18.3 Å². The van der Waals surface area contributed by atoms with Crippen molar-refractivity contribution in [2.24, 2.45) is 5.28 Å². The maximum atomic E-state index is 10.9. The Balaban J connectivity index is 2.52. The molecular weight excluding hydrogens is 242 g/mol. The Hall–Kier alpha value is -2.73. The lowest BCUT2D eigenvalue weighted by Gasteiger charge is -2.04. The fourth-order valence-corrected chi connectivity index (χ4v) is 1.01. The van der Waals surface area contributed by atoms with Crippen LogP contribution in [0.3, 0.4) is 0 Å². The fraction of sp³-hybridized carbons (Fsp3) is 0.200. The van der Waals surface area contributed by atoms with Crippen LogP contribution in [0.2, 0.25) is 0 Å². The van der Waals surface area contributed by atoms with Gasteiger partial charge in [0.2, 0.25) is 0 Å². The van der Waals surface area contributed by atoms with Crippen molar-refractivity contribution in [3.63, 3.8) is 0 Å². The third-order valence-corrected chi connectivity index (χ3v) is 1.72. The number of nitrogens with zero attached hydrogens (tertiary/aromatic N) is 3. The van der Waals surface area contributed by atoms with Crippen LogP contribution in [0.1, 0.15) is 12.5 Å². The number of carbonyl (C=O) groups excluding carboxylic acids is 2. The topological polar surface area (TPSA) is 111 Å². The van der Waals surface area contributed by atoms with Gasteiger partial charge in [-0.15, -0.1) is 0 Å². The number of benzene rings is 1. The van der Waals surface area contributed by atoms with Gasteiger partial charge in [-0.25, -0.2) is 4.79 Å². The van der Waals surface area contributed by atoms with Crippen molar-refractivity contribution in [2.75, 3.05) is 0 Å². The summed E-state index contributed by atoms with van der Waals surface area (Å²) in [5.74, 6) is -0.173. The van der Waals surface area contributed by atoms with Gasteiger partial charge in [-0.3, -0.25) is 4.79 Å². The van der Waals surface area contributed by atoms with Gasteiger partial charge in [0, 0.05) is 11.8 Å². The number of esters is 1. The Labute approximate surface area is 102 Å². The summed E-state index contributed by atoms with van der Waals surface area (Å²) < 4.78 is 9.44. The molecule has 1 rings (SSSR count). The first-order valence-corrected chi connectivity index (χ1v) is 4.77. The van der Waals surface area contributed by atoms with E-state index in [1.165, 1.54) is 19.1 Å². The highest BCUT2D eigenvalue weighted by atomic mass is 16.8. The van der Waals surface area contributed by atoms with Gasteiger partial charge in [-0.1, -0.05) is 12.1 Å². The molecule has 8 heteroatoms. The molecule has 8 nitrogen and oxygen atoms in total. The predicted octanol–water partition coefficient (Wildman–Crippen LogP) is 2.49. The van der Waals surface area contributed by atoms with Gasteiger partial charge < -0.3 is 14.3 Å². The van der Waals surface area contributed by atoms with Gasteiger partial charge in [0.15, 0.2) is 0 Å². The first-order chi connectivity index (χ1) is 8.61. The van der Waals surface area contributed by atoms with Crippen LogP contribution < -0.4 is 4.74 Å². The van der Waals surface area contributed by atoms with Crippen LogP contribution in [0.4, 0.5) is 4.79 Å². The maximum absolute atomic E-state index is 10.9. The zero-order valence-electron chi connectivity index (χ0n) is 9.40. The molecule has 1 aromatic carbocycles. The Kier molecular flexibility index (Phi) is 5.01. The highest BCUT2D eigenvalue weighted by Gasteiger charge is 2.05. The minimum Gasteiger partial charge on any atom is -0.461 e. The lowest BCUT2D eigenvalue weighted by Crippen LogP contribution is -2.06. The highest BCUT2D eigenvalue weighted by Crippen LogP contribution is 2.13. The van der Waals surface area contributed by atoms with E-state index in [0.717, 1.165) is 5.56 Å². The summed E-state index contributed by atoms with van der Waals surface area (Å²) in [5.41, 5.74) is 8.64. The molecule has 0 N–H and O–H groups in total. The van der Waals surface area contributed by atoms with Crippen LogP contribution in [0.15, 0.2) is 29.5 Å². The number of ether oxygens (including phenoxy) is 2. The van der Waals surface area contributed by atoms with E-state index in [1.807, 2.05) is 0 Å². The first kappa shape index (κ1) is 13.3. The predicted molar refractivity (Wildman–Crippen MR) is 58.2 cm³/mol. The number of azide groups is 1. The maximum Gasteiger partial charge on any atom is 0.525 e. The van der Waals surface area contributed by atoms with E-state index in [1.54, 1.807) is 12.1 Å². The second-order valence-corrected chi connectivity index (χ2v) is 3.04. The van der Waals surface area contributed by atoms with Crippen LogP contribution >= 0.6 is 0 Å². The first-order valence-electron chi connectivity index (χ1n) is 4.77. The van der Waals surface area contributed by atoms with E-state index < -0.39 is 6.16 Å². The van der Waals surface area contributed by atoms with Crippen LogP contribution in [0, 0.1) is 0 Å². The van der Waals surface area contributed by atoms with Crippen molar-refractivity contribution < 1.29 is 23.9 Å². The average molecular weight is 251 g/mol. The van der Waals surface area contributed by atoms with Gasteiger partial charge in [0.25, 0.3) is 0 Å². The summed E-state index contributed by atoms with van der Waals surface area (Å²) in [5, 5.41) is 2.58. The van der Waals surface area contributed by atoms with Crippen LogP contribution in [0.25, 0.3) is 10.4 Å². The standard InChI is InChI=1S/C10H9N3O5/c1-7(14)16-6-8-2-4-9(5-3-8)17-10(15)18-13-12-11/h2-5H,6H2,1H3. The Morgan fingerprint density at radius 1 is 1.33 bits per heavy atom. The zero-order chi connectivity index (χ0) is 13.4. The Bertz CT molecular complexity index is 479. The molecule has 0 unspecified atom stereocenters. The SMILES string of the molecule is CC(=O)OCc1ccc(OC(=O)ON=[N+]=[N-])cc1. The van der Waals surface area contributed by atoms with E-state index in [9.17, 15) is 9.59 Å².